The summed E-state index contributed by atoms with van der Waals surface area (Å²) in [5.74, 6) is 0.845. The van der Waals surface area contributed by atoms with E-state index < -0.39 is 0 Å². The van der Waals surface area contributed by atoms with Gasteiger partial charge >= 0.3 is 0 Å². The van der Waals surface area contributed by atoms with Crippen molar-refractivity contribution in [3.8, 4) is 11.5 Å². The third-order valence-corrected chi connectivity index (χ3v) is 1.70. The fraction of sp³-hybridized carbons (Fsp3) is 0. The zero-order chi connectivity index (χ0) is 10.7. The smallest absolute Gasteiger partial charge is 0.220 e. The fourth-order valence-corrected chi connectivity index (χ4v) is 1.02. The van der Waals surface area contributed by atoms with Gasteiger partial charge in [-0.2, -0.15) is 0 Å². The molecule has 0 aliphatic carbocycles. The molecule has 0 amide bonds. The Hall–Kier alpha value is -2.17. The predicted molar refractivity (Wildman–Crippen MR) is 52.9 cm³/mol. The second-order valence-corrected chi connectivity index (χ2v) is 2.83. The van der Waals surface area contributed by atoms with Crippen molar-refractivity contribution in [3.05, 3.63) is 42.5 Å². The van der Waals surface area contributed by atoms with Crippen LogP contribution in [0.5, 0.6) is 11.5 Å². The molecule has 1 aromatic carbocycles. The highest BCUT2D eigenvalue weighted by atomic mass is 19.1. The predicted octanol–water partition coefficient (Wildman–Crippen LogP) is 1.99. The lowest BCUT2D eigenvalue weighted by atomic mass is 10.3. The van der Waals surface area contributed by atoms with E-state index in [0.717, 1.165) is 0 Å². The van der Waals surface area contributed by atoms with Crippen molar-refractivity contribution in [1.29, 1.82) is 0 Å². The van der Waals surface area contributed by atoms with Crippen molar-refractivity contribution in [1.82, 2.24) is 9.97 Å². The number of benzene rings is 1. The molecular formula is C10H8FN3O. The average molecular weight is 205 g/mol. The van der Waals surface area contributed by atoms with Crippen LogP contribution in [0.1, 0.15) is 0 Å². The van der Waals surface area contributed by atoms with Crippen LogP contribution in [0.25, 0.3) is 0 Å². The summed E-state index contributed by atoms with van der Waals surface area (Å²) in [6, 6.07) is 5.67. The summed E-state index contributed by atoms with van der Waals surface area (Å²) in [6.45, 7) is 0. The lowest BCUT2D eigenvalue weighted by Crippen LogP contribution is -1.94. The minimum absolute atomic E-state index is 0.182. The summed E-state index contributed by atoms with van der Waals surface area (Å²) >= 11 is 0. The molecule has 15 heavy (non-hydrogen) atoms. The third kappa shape index (κ3) is 2.40. The Morgan fingerprint density at radius 3 is 2.20 bits per heavy atom. The summed E-state index contributed by atoms with van der Waals surface area (Å²) < 4.78 is 17.9. The molecule has 1 aromatic heterocycles. The van der Waals surface area contributed by atoms with E-state index in [2.05, 4.69) is 9.97 Å². The Morgan fingerprint density at radius 1 is 1.00 bits per heavy atom. The zero-order valence-corrected chi connectivity index (χ0v) is 7.72. The van der Waals surface area contributed by atoms with E-state index in [-0.39, 0.29) is 11.8 Å². The van der Waals surface area contributed by atoms with Crippen LogP contribution < -0.4 is 10.5 Å². The van der Waals surface area contributed by atoms with E-state index in [1.807, 2.05) is 0 Å². The van der Waals surface area contributed by atoms with Gasteiger partial charge in [0.1, 0.15) is 11.6 Å². The van der Waals surface area contributed by atoms with Crippen molar-refractivity contribution in [2.24, 2.45) is 0 Å². The quantitative estimate of drug-likeness (QED) is 0.814. The van der Waals surface area contributed by atoms with Crippen LogP contribution in [0.2, 0.25) is 0 Å². The minimum Gasteiger partial charge on any atom is -0.454 e. The summed E-state index contributed by atoms with van der Waals surface area (Å²) in [5.41, 5.74) is 5.31. The van der Waals surface area contributed by atoms with Gasteiger partial charge in [0.25, 0.3) is 0 Å². The topological polar surface area (TPSA) is 61.0 Å². The number of hydrogen-bond donors (Lipinski definition) is 1. The van der Waals surface area contributed by atoms with Crippen LogP contribution in [0.4, 0.5) is 10.3 Å². The molecule has 0 aliphatic rings. The molecule has 2 aromatic rings. The lowest BCUT2D eigenvalue weighted by molar-refractivity contribution is 0.476. The second kappa shape index (κ2) is 3.91. The molecule has 0 saturated heterocycles. The molecule has 2 rings (SSSR count). The Labute approximate surface area is 85.5 Å². The average Bonchev–Trinajstić information content (AvgIpc) is 2.25. The molecule has 2 N–H and O–H groups in total. The number of nitrogen functional groups attached to an aromatic ring is 1. The van der Waals surface area contributed by atoms with Gasteiger partial charge in [-0.15, -0.1) is 0 Å². The van der Waals surface area contributed by atoms with E-state index in [1.165, 1.54) is 36.7 Å². The SMILES string of the molecule is Nc1ncc(Oc2ccc(F)cc2)cn1. The molecule has 0 spiro atoms. The molecule has 0 fully saturated rings. The number of hydrogen-bond acceptors (Lipinski definition) is 4. The van der Waals surface area contributed by atoms with Gasteiger partial charge in [-0.25, -0.2) is 14.4 Å². The third-order valence-electron chi connectivity index (χ3n) is 1.70. The summed E-state index contributed by atoms with van der Waals surface area (Å²) in [5, 5.41) is 0. The molecule has 5 heteroatoms. The van der Waals surface area contributed by atoms with Crippen LogP contribution in [0, 0.1) is 5.82 Å². The maximum absolute atomic E-state index is 12.6. The minimum atomic E-state index is -0.309. The van der Waals surface area contributed by atoms with Crippen molar-refractivity contribution in [3.63, 3.8) is 0 Å². The molecular weight excluding hydrogens is 197 g/mol. The standard InChI is InChI=1S/C10H8FN3O/c11-7-1-3-8(4-2-7)15-9-5-13-10(12)14-6-9/h1-6H,(H2,12,13,14). The molecule has 1 heterocycles. The van der Waals surface area contributed by atoms with Gasteiger partial charge in [0.15, 0.2) is 5.75 Å². The highest BCUT2D eigenvalue weighted by molar-refractivity contribution is 5.29. The van der Waals surface area contributed by atoms with Crippen molar-refractivity contribution in [2.45, 2.75) is 0 Å². The lowest BCUT2D eigenvalue weighted by Gasteiger charge is -2.03. The number of anilines is 1. The van der Waals surface area contributed by atoms with Gasteiger partial charge in [-0.1, -0.05) is 0 Å². The number of ether oxygens (including phenoxy) is 1. The maximum Gasteiger partial charge on any atom is 0.220 e. The molecule has 0 unspecified atom stereocenters. The number of nitrogens with zero attached hydrogens (tertiary/aromatic N) is 2. The van der Waals surface area contributed by atoms with E-state index in [4.69, 9.17) is 10.5 Å². The van der Waals surface area contributed by atoms with Crippen LogP contribution in [-0.4, -0.2) is 9.97 Å². The Bertz CT molecular complexity index is 398. The number of nitrogens with two attached hydrogens (primary N) is 1. The van der Waals surface area contributed by atoms with Crippen LogP contribution >= 0.6 is 0 Å². The normalized spacial score (nSPS) is 9.93. The first-order chi connectivity index (χ1) is 7.24. The molecule has 0 saturated carbocycles. The monoisotopic (exact) mass is 205 g/mol. The second-order valence-electron chi connectivity index (χ2n) is 2.83. The van der Waals surface area contributed by atoms with Gasteiger partial charge in [0.05, 0.1) is 12.4 Å². The highest BCUT2D eigenvalue weighted by Crippen LogP contribution is 2.19. The number of halogens is 1. The summed E-state index contributed by atoms with van der Waals surface area (Å²) in [6.07, 6.45) is 2.90. The van der Waals surface area contributed by atoms with Crippen molar-refractivity contribution >= 4 is 5.95 Å². The Morgan fingerprint density at radius 2 is 1.60 bits per heavy atom. The Kier molecular flexibility index (Phi) is 2.45. The van der Waals surface area contributed by atoms with Gasteiger partial charge in [-0.05, 0) is 24.3 Å². The summed E-state index contributed by atoms with van der Waals surface area (Å²) in [7, 11) is 0. The van der Waals surface area contributed by atoms with E-state index in [9.17, 15) is 4.39 Å². The molecule has 4 nitrogen and oxygen atoms in total. The summed E-state index contributed by atoms with van der Waals surface area (Å²) in [4.78, 5) is 7.52. The molecule has 76 valence electrons. The van der Waals surface area contributed by atoms with Crippen molar-refractivity contribution < 1.29 is 9.13 Å². The largest absolute Gasteiger partial charge is 0.454 e. The van der Waals surface area contributed by atoms with Gasteiger partial charge in [0, 0.05) is 0 Å². The van der Waals surface area contributed by atoms with E-state index in [1.54, 1.807) is 0 Å². The van der Waals surface area contributed by atoms with Crippen molar-refractivity contribution in [2.75, 3.05) is 5.73 Å². The Balaban J connectivity index is 2.15. The first kappa shape index (κ1) is 9.39. The molecule has 0 aliphatic heterocycles. The van der Waals surface area contributed by atoms with E-state index >= 15 is 0 Å². The molecule has 0 radical (unpaired) electrons. The number of aromatic nitrogens is 2. The van der Waals surface area contributed by atoms with Gasteiger partial charge < -0.3 is 10.5 Å². The number of rotatable bonds is 2. The first-order valence-corrected chi connectivity index (χ1v) is 4.25. The maximum atomic E-state index is 12.6. The zero-order valence-electron chi connectivity index (χ0n) is 7.72. The van der Waals surface area contributed by atoms with Crippen LogP contribution in [0.15, 0.2) is 36.7 Å². The molecule has 0 atom stereocenters. The van der Waals surface area contributed by atoms with Crippen LogP contribution in [0.3, 0.4) is 0 Å². The fourth-order valence-electron chi connectivity index (χ4n) is 1.02. The highest BCUT2D eigenvalue weighted by Gasteiger charge is 1.98. The van der Waals surface area contributed by atoms with E-state index in [0.29, 0.717) is 11.5 Å². The van der Waals surface area contributed by atoms with Gasteiger partial charge in [-0.3, -0.25) is 0 Å². The van der Waals surface area contributed by atoms with Crippen LogP contribution in [-0.2, 0) is 0 Å². The molecule has 0 bridgehead atoms. The first-order valence-electron chi connectivity index (χ1n) is 4.25. The van der Waals surface area contributed by atoms with Gasteiger partial charge in [0.2, 0.25) is 5.95 Å².